The van der Waals surface area contributed by atoms with Crippen LogP contribution in [0.1, 0.15) is 37.7 Å². The first kappa shape index (κ1) is 12.5. The molecule has 17 heavy (non-hydrogen) atoms. The average Bonchev–Trinajstić information content (AvgIpc) is 2.39. The van der Waals surface area contributed by atoms with Crippen LogP contribution in [-0.4, -0.2) is 6.10 Å². The van der Waals surface area contributed by atoms with Crippen LogP contribution in [0.5, 0.6) is 0 Å². The van der Waals surface area contributed by atoms with E-state index in [9.17, 15) is 4.57 Å². The maximum atomic E-state index is 11.7. The lowest BCUT2D eigenvalue weighted by atomic mass is 9.98. The molecule has 0 amide bonds. The third kappa shape index (κ3) is 4.41. The Morgan fingerprint density at radius 3 is 2.53 bits per heavy atom. The minimum Gasteiger partial charge on any atom is -0.139 e. The molecule has 0 bridgehead atoms. The van der Waals surface area contributed by atoms with Crippen molar-refractivity contribution < 1.29 is 9.09 Å². The predicted octanol–water partition coefficient (Wildman–Crippen LogP) is 4.75. The Hall–Kier alpha value is -0.980. The van der Waals surface area contributed by atoms with E-state index in [-0.39, 0.29) is 6.10 Å². The summed E-state index contributed by atoms with van der Waals surface area (Å²) in [5.41, 5.74) is 1.06. The highest BCUT2D eigenvalue weighted by Crippen LogP contribution is 2.32. The maximum Gasteiger partial charge on any atom is 0.541 e. The van der Waals surface area contributed by atoms with E-state index in [2.05, 4.69) is 0 Å². The fourth-order valence-corrected chi connectivity index (χ4v) is 2.93. The Bertz CT molecular complexity index is 380. The van der Waals surface area contributed by atoms with Crippen LogP contribution in [0.25, 0.3) is 6.08 Å². The van der Waals surface area contributed by atoms with Gasteiger partial charge in [0.05, 0.1) is 0 Å². The first-order valence-corrected chi connectivity index (χ1v) is 7.45. The summed E-state index contributed by atoms with van der Waals surface area (Å²) in [6.45, 7) is 0. The minimum absolute atomic E-state index is 0.202. The fourth-order valence-electron chi connectivity index (χ4n) is 2.06. The van der Waals surface area contributed by atoms with E-state index < -0.39 is 8.03 Å². The van der Waals surface area contributed by atoms with Crippen LogP contribution >= 0.6 is 8.03 Å². The molecule has 0 N–H and O–H groups in total. The van der Waals surface area contributed by atoms with Crippen LogP contribution in [0.2, 0.25) is 0 Å². The molecule has 1 aliphatic carbocycles. The SMILES string of the molecule is O=[P+](C=Cc1ccccc1)OC1CCCCC1. The van der Waals surface area contributed by atoms with Gasteiger partial charge in [-0.05, 0) is 29.0 Å². The van der Waals surface area contributed by atoms with Gasteiger partial charge in [-0.25, -0.2) is 0 Å². The Morgan fingerprint density at radius 2 is 1.82 bits per heavy atom. The molecular formula is C14H18O2P+. The quantitative estimate of drug-likeness (QED) is 0.720. The van der Waals surface area contributed by atoms with Crippen molar-refractivity contribution in [3.8, 4) is 0 Å². The molecule has 0 aliphatic heterocycles. The van der Waals surface area contributed by atoms with Gasteiger partial charge in [0.2, 0.25) is 0 Å². The lowest BCUT2D eigenvalue weighted by Crippen LogP contribution is -2.12. The van der Waals surface area contributed by atoms with Crippen molar-refractivity contribution in [3.63, 3.8) is 0 Å². The fraction of sp³-hybridized carbons (Fsp3) is 0.429. The van der Waals surface area contributed by atoms with E-state index in [1.807, 2.05) is 36.4 Å². The molecule has 1 aromatic rings. The smallest absolute Gasteiger partial charge is 0.139 e. The number of hydrogen-bond acceptors (Lipinski definition) is 2. The predicted molar refractivity (Wildman–Crippen MR) is 71.0 cm³/mol. The van der Waals surface area contributed by atoms with E-state index in [1.165, 1.54) is 19.3 Å². The molecular weight excluding hydrogens is 231 g/mol. The number of hydrogen-bond donors (Lipinski definition) is 0. The Morgan fingerprint density at radius 1 is 1.12 bits per heavy atom. The first-order valence-electron chi connectivity index (χ1n) is 6.21. The van der Waals surface area contributed by atoms with Crippen molar-refractivity contribution in [2.75, 3.05) is 0 Å². The molecule has 1 aliphatic rings. The zero-order chi connectivity index (χ0) is 11.9. The van der Waals surface area contributed by atoms with Gasteiger partial charge in [0.15, 0.2) is 5.82 Å². The summed E-state index contributed by atoms with van der Waals surface area (Å²) >= 11 is 0. The maximum absolute atomic E-state index is 11.7. The monoisotopic (exact) mass is 249 g/mol. The van der Waals surface area contributed by atoms with Crippen LogP contribution in [0.4, 0.5) is 0 Å². The molecule has 0 aromatic heterocycles. The Balaban J connectivity index is 1.82. The third-order valence-electron chi connectivity index (χ3n) is 2.99. The summed E-state index contributed by atoms with van der Waals surface area (Å²) in [6, 6.07) is 9.87. The molecule has 2 rings (SSSR count). The highest BCUT2D eigenvalue weighted by atomic mass is 31.1. The molecule has 3 heteroatoms. The average molecular weight is 249 g/mol. The Kier molecular flexibility index (Phi) is 4.90. The van der Waals surface area contributed by atoms with Gasteiger partial charge in [-0.1, -0.05) is 49.6 Å². The second-order valence-electron chi connectivity index (χ2n) is 4.38. The minimum atomic E-state index is -1.66. The Labute approximate surface area is 104 Å². The largest absolute Gasteiger partial charge is 0.541 e. The van der Waals surface area contributed by atoms with Crippen molar-refractivity contribution >= 4 is 14.1 Å². The lowest BCUT2D eigenvalue weighted by molar-refractivity contribution is 0.168. The molecule has 0 spiro atoms. The van der Waals surface area contributed by atoms with Gasteiger partial charge in [0.25, 0.3) is 0 Å². The summed E-state index contributed by atoms with van der Waals surface area (Å²) in [5, 5.41) is 0. The van der Waals surface area contributed by atoms with Crippen molar-refractivity contribution in [1.82, 2.24) is 0 Å². The van der Waals surface area contributed by atoms with Crippen molar-refractivity contribution in [2.45, 2.75) is 38.2 Å². The molecule has 1 saturated carbocycles. The molecule has 2 nitrogen and oxygen atoms in total. The van der Waals surface area contributed by atoms with E-state index in [0.717, 1.165) is 18.4 Å². The van der Waals surface area contributed by atoms with E-state index >= 15 is 0 Å². The number of benzene rings is 1. The van der Waals surface area contributed by atoms with Gasteiger partial charge < -0.3 is 0 Å². The molecule has 90 valence electrons. The standard InChI is InChI=1S/C14H18O2P/c15-17(16-14-9-5-2-6-10-14)12-11-13-7-3-1-4-8-13/h1,3-4,7-8,11-12,14H,2,5-6,9-10H2/q+1. The highest BCUT2D eigenvalue weighted by molar-refractivity contribution is 7.43. The van der Waals surface area contributed by atoms with Crippen LogP contribution in [0, 0.1) is 0 Å². The summed E-state index contributed by atoms with van der Waals surface area (Å²) in [5.74, 6) is 1.67. The van der Waals surface area contributed by atoms with Gasteiger partial charge >= 0.3 is 8.03 Å². The van der Waals surface area contributed by atoms with Gasteiger partial charge in [0.1, 0.15) is 6.10 Å². The summed E-state index contributed by atoms with van der Waals surface area (Å²) in [4.78, 5) is 0. The number of rotatable bonds is 4. The van der Waals surface area contributed by atoms with Crippen molar-refractivity contribution in [2.24, 2.45) is 0 Å². The van der Waals surface area contributed by atoms with Crippen molar-refractivity contribution in [3.05, 3.63) is 41.7 Å². The van der Waals surface area contributed by atoms with Crippen LogP contribution in [0.3, 0.4) is 0 Å². The third-order valence-corrected chi connectivity index (χ3v) is 3.89. The van der Waals surface area contributed by atoms with Crippen molar-refractivity contribution in [1.29, 1.82) is 0 Å². The lowest BCUT2D eigenvalue weighted by Gasteiger charge is -2.15. The second-order valence-corrected chi connectivity index (χ2v) is 5.46. The zero-order valence-corrected chi connectivity index (χ0v) is 10.8. The van der Waals surface area contributed by atoms with Gasteiger partial charge in [-0.3, -0.25) is 0 Å². The molecule has 1 fully saturated rings. The molecule has 0 radical (unpaired) electrons. The molecule has 0 saturated heterocycles. The summed E-state index contributed by atoms with van der Waals surface area (Å²) in [7, 11) is -1.66. The molecule has 1 aromatic carbocycles. The molecule has 1 atom stereocenters. The van der Waals surface area contributed by atoms with Gasteiger partial charge in [-0.15, -0.1) is 4.52 Å². The summed E-state index contributed by atoms with van der Waals surface area (Å²) in [6.07, 6.45) is 7.87. The van der Waals surface area contributed by atoms with Crippen LogP contribution in [0.15, 0.2) is 36.1 Å². The van der Waals surface area contributed by atoms with Gasteiger partial charge in [0, 0.05) is 0 Å². The van der Waals surface area contributed by atoms with E-state index in [4.69, 9.17) is 4.52 Å². The zero-order valence-electron chi connectivity index (χ0n) is 9.92. The second kappa shape index (κ2) is 6.68. The molecule has 1 unspecified atom stereocenters. The van der Waals surface area contributed by atoms with Crippen LogP contribution in [-0.2, 0) is 9.09 Å². The topological polar surface area (TPSA) is 26.3 Å². The normalized spacial score (nSPS) is 18.5. The van der Waals surface area contributed by atoms with Crippen LogP contribution < -0.4 is 0 Å². The van der Waals surface area contributed by atoms with E-state index in [0.29, 0.717) is 0 Å². The van der Waals surface area contributed by atoms with E-state index in [1.54, 1.807) is 5.82 Å². The molecule has 0 heterocycles. The first-order chi connectivity index (χ1) is 8.34. The van der Waals surface area contributed by atoms with Gasteiger partial charge in [-0.2, -0.15) is 0 Å². The summed E-state index contributed by atoms with van der Waals surface area (Å²) < 4.78 is 17.3. The highest BCUT2D eigenvalue weighted by Gasteiger charge is 2.23.